The zero-order valence-electron chi connectivity index (χ0n) is 13.9. The van der Waals surface area contributed by atoms with Gasteiger partial charge in [-0.2, -0.15) is 0 Å². The SMILES string of the molecule is COc1ccc(C(Cl)=C2C(=O)N(C(C)=O)c3ccc([N+](=O)[O-])cc32)cc1. The fraction of sp³-hybridized carbons (Fsp3) is 0.111. The number of nitro groups is 1. The highest BCUT2D eigenvalue weighted by Gasteiger charge is 2.38. The van der Waals surface area contributed by atoms with E-state index in [9.17, 15) is 19.7 Å². The van der Waals surface area contributed by atoms with Crippen LogP contribution in [0.4, 0.5) is 11.4 Å². The Balaban J connectivity index is 2.23. The average Bonchev–Trinajstić information content (AvgIpc) is 2.92. The van der Waals surface area contributed by atoms with Crippen LogP contribution in [0.3, 0.4) is 0 Å². The first kappa shape index (κ1) is 17.6. The Kier molecular flexibility index (Phi) is 4.48. The molecule has 0 aromatic heterocycles. The summed E-state index contributed by atoms with van der Waals surface area (Å²) in [5, 5.41) is 11.2. The maximum atomic E-state index is 12.8. The molecule has 1 heterocycles. The third kappa shape index (κ3) is 2.82. The lowest BCUT2D eigenvalue weighted by molar-refractivity contribution is -0.384. The van der Waals surface area contributed by atoms with Crippen LogP contribution in [0.15, 0.2) is 42.5 Å². The number of benzene rings is 2. The van der Waals surface area contributed by atoms with Gasteiger partial charge in [0, 0.05) is 24.6 Å². The van der Waals surface area contributed by atoms with E-state index < -0.39 is 16.7 Å². The molecule has 0 saturated heterocycles. The van der Waals surface area contributed by atoms with Gasteiger partial charge in [-0.15, -0.1) is 0 Å². The normalized spacial score (nSPS) is 14.9. The van der Waals surface area contributed by atoms with Crippen LogP contribution in [0.5, 0.6) is 5.75 Å². The van der Waals surface area contributed by atoms with Gasteiger partial charge in [-0.1, -0.05) is 11.6 Å². The first-order chi connectivity index (χ1) is 12.3. The van der Waals surface area contributed by atoms with Crippen molar-refractivity contribution in [1.29, 1.82) is 0 Å². The van der Waals surface area contributed by atoms with Gasteiger partial charge in [0.1, 0.15) is 5.75 Å². The second-order valence-corrected chi connectivity index (χ2v) is 5.91. The number of methoxy groups -OCH3 is 1. The molecule has 0 unspecified atom stereocenters. The smallest absolute Gasteiger partial charge is 0.270 e. The fourth-order valence-corrected chi connectivity index (χ4v) is 3.08. The number of ether oxygens (including phenoxy) is 1. The van der Waals surface area contributed by atoms with Gasteiger partial charge in [-0.3, -0.25) is 19.7 Å². The molecule has 2 aromatic carbocycles. The number of carbonyl (C=O) groups is 2. The maximum Gasteiger partial charge on any atom is 0.270 e. The first-order valence-corrected chi connectivity index (χ1v) is 7.91. The summed E-state index contributed by atoms with van der Waals surface area (Å²) in [6.07, 6.45) is 0. The van der Waals surface area contributed by atoms with Gasteiger partial charge in [0.05, 0.1) is 28.3 Å². The quantitative estimate of drug-likeness (QED) is 0.466. The molecule has 1 aliphatic rings. The Morgan fingerprint density at radius 1 is 1.19 bits per heavy atom. The van der Waals surface area contributed by atoms with E-state index in [-0.39, 0.29) is 27.5 Å². The molecule has 0 N–H and O–H groups in total. The molecule has 8 heteroatoms. The predicted octanol–water partition coefficient (Wildman–Crippen LogP) is 3.60. The van der Waals surface area contributed by atoms with Crippen molar-refractivity contribution >= 4 is 45.4 Å². The Bertz CT molecular complexity index is 966. The molecule has 26 heavy (non-hydrogen) atoms. The summed E-state index contributed by atoms with van der Waals surface area (Å²) >= 11 is 6.44. The fourth-order valence-electron chi connectivity index (χ4n) is 2.78. The Hall–Kier alpha value is -3.19. The van der Waals surface area contributed by atoms with E-state index in [1.54, 1.807) is 24.3 Å². The maximum absolute atomic E-state index is 12.8. The van der Waals surface area contributed by atoms with Crippen molar-refractivity contribution in [1.82, 2.24) is 0 Å². The number of non-ortho nitro benzene ring substituents is 1. The third-order valence-corrected chi connectivity index (χ3v) is 4.40. The number of fused-ring (bicyclic) bond motifs is 1. The van der Waals surface area contributed by atoms with Crippen LogP contribution in [0, 0.1) is 10.1 Å². The molecule has 0 bridgehead atoms. The summed E-state index contributed by atoms with van der Waals surface area (Å²) in [6.45, 7) is 1.24. The number of hydrogen-bond donors (Lipinski definition) is 0. The molecule has 0 saturated carbocycles. The largest absolute Gasteiger partial charge is 0.497 e. The molecule has 1 aliphatic heterocycles. The molecule has 0 spiro atoms. The number of rotatable bonds is 3. The summed E-state index contributed by atoms with van der Waals surface area (Å²) in [7, 11) is 1.52. The van der Waals surface area contributed by atoms with E-state index in [1.807, 2.05) is 0 Å². The third-order valence-electron chi connectivity index (χ3n) is 4.00. The molecule has 3 rings (SSSR count). The lowest BCUT2D eigenvalue weighted by Crippen LogP contribution is -2.31. The molecule has 2 amide bonds. The van der Waals surface area contributed by atoms with Crippen LogP contribution in [-0.2, 0) is 9.59 Å². The Labute approximate surface area is 153 Å². The van der Waals surface area contributed by atoms with Crippen LogP contribution in [0.25, 0.3) is 10.6 Å². The van der Waals surface area contributed by atoms with Crippen LogP contribution in [-0.4, -0.2) is 23.8 Å². The second kappa shape index (κ2) is 6.61. The highest BCUT2D eigenvalue weighted by atomic mass is 35.5. The average molecular weight is 373 g/mol. The Morgan fingerprint density at radius 3 is 2.38 bits per heavy atom. The number of imide groups is 1. The standard InChI is InChI=1S/C18H13ClN2O5/c1-10(22)20-15-8-5-12(21(24)25)9-14(15)16(18(20)23)17(19)11-3-6-13(26-2)7-4-11/h3-9H,1-2H3. The van der Waals surface area contributed by atoms with Crippen molar-refractivity contribution in [2.75, 3.05) is 12.0 Å². The van der Waals surface area contributed by atoms with Crippen LogP contribution < -0.4 is 9.64 Å². The van der Waals surface area contributed by atoms with E-state index in [2.05, 4.69) is 0 Å². The number of nitro benzene ring substituents is 1. The van der Waals surface area contributed by atoms with Crippen molar-refractivity contribution in [3.63, 3.8) is 0 Å². The van der Waals surface area contributed by atoms with Gasteiger partial charge >= 0.3 is 0 Å². The molecule has 132 valence electrons. The van der Waals surface area contributed by atoms with Crippen molar-refractivity contribution in [2.45, 2.75) is 6.92 Å². The molecular formula is C18H13ClN2O5. The van der Waals surface area contributed by atoms with Gasteiger partial charge in [0.15, 0.2) is 0 Å². The first-order valence-electron chi connectivity index (χ1n) is 7.53. The lowest BCUT2D eigenvalue weighted by atomic mass is 10.0. The predicted molar refractivity (Wildman–Crippen MR) is 96.9 cm³/mol. The minimum absolute atomic E-state index is 0.0470. The molecule has 0 atom stereocenters. The number of nitrogens with zero attached hydrogens (tertiary/aromatic N) is 2. The minimum atomic E-state index is -0.617. The molecule has 0 aliphatic carbocycles. The summed E-state index contributed by atoms with van der Waals surface area (Å²) in [4.78, 5) is 36.2. The van der Waals surface area contributed by atoms with Crippen molar-refractivity contribution < 1.29 is 19.2 Å². The minimum Gasteiger partial charge on any atom is -0.497 e. The van der Waals surface area contributed by atoms with E-state index in [0.29, 0.717) is 11.3 Å². The van der Waals surface area contributed by atoms with Gasteiger partial charge in [-0.05, 0) is 35.9 Å². The number of anilines is 1. The van der Waals surface area contributed by atoms with Crippen LogP contribution >= 0.6 is 11.6 Å². The summed E-state index contributed by atoms with van der Waals surface area (Å²) in [5.74, 6) is -0.504. The zero-order chi connectivity index (χ0) is 19.0. The molecular weight excluding hydrogens is 360 g/mol. The highest BCUT2D eigenvalue weighted by Crippen LogP contribution is 2.43. The summed E-state index contributed by atoms with van der Waals surface area (Å²) in [5.41, 5.74) is 0.901. The van der Waals surface area contributed by atoms with E-state index >= 15 is 0 Å². The van der Waals surface area contributed by atoms with Crippen molar-refractivity contribution in [3.8, 4) is 5.75 Å². The molecule has 0 fully saturated rings. The van der Waals surface area contributed by atoms with Gasteiger partial charge in [-0.25, -0.2) is 4.90 Å². The number of halogens is 1. The van der Waals surface area contributed by atoms with Crippen LogP contribution in [0.2, 0.25) is 0 Å². The highest BCUT2D eigenvalue weighted by molar-refractivity contribution is 6.60. The molecule has 0 radical (unpaired) electrons. The summed E-state index contributed by atoms with van der Waals surface area (Å²) in [6, 6.07) is 10.5. The van der Waals surface area contributed by atoms with Crippen molar-refractivity contribution in [2.24, 2.45) is 0 Å². The number of amides is 2. The summed E-state index contributed by atoms with van der Waals surface area (Å²) < 4.78 is 5.09. The van der Waals surface area contributed by atoms with Gasteiger partial charge in [0.25, 0.3) is 11.6 Å². The van der Waals surface area contributed by atoms with Gasteiger partial charge < -0.3 is 4.74 Å². The Morgan fingerprint density at radius 2 is 1.85 bits per heavy atom. The van der Waals surface area contributed by atoms with Gasteiger partial charge in [0.2, 0.25) is 5.91 Å². The second-order valence-electron chi connectivity index (χ2n) is 5.54. The molecule has 2 aromatic rings. The van der Waals surface area contributed by atoms with E-state index in [1.165, 1.54) is 32.2 Å². The number of carbonyl (C=O) groups excluding carboxylic acids is 2. The van der Waals surface area contributed by atoms with E-state index in [0.717, 1.165) is 4.90 Å². The monoisotopic (exact) mass is 372 g/mol. The van der Waals surface area contributed by atoms with Crippen LogP contribution in [0.1, 0.15) is 18.1 Å². The van der Waals surface area contributed by atoms with Crippen molar-refractivity contribution in [3.05, 3.63) is 63.7 Å². The zero-order valence-corrected chi connectivity index (χ0v) is 14.6. The number of hydrogen-bond acceptors (Lipinski definition) is 5. The topological polar surface area (TPSA) is 89.8 Å². The molecule has 7 nitrogen and oxygen atoms in total. The van der Waals surface area contributed by atoms with E-state index in [4.69, 9.17) is 16.3 Å². The lowest BCUT2D eigenvalue weighted by Gasteiger charge is -2.11.